The van der Waals surface area contributed by atoms with Crippen molar-refractivity contribution in [3.8, 4) is 11.1 Å². The standard InChI is InChI=1S/C37H38BrN9O6/c1-20(48)33-26-12-23(25-15-39-21(2)40-16-25)7-9-28(26)46(45-33)17-32(50)47-29-13-37(14-30(37)47)19-41-35(51)27(42-22(3)49)6-4-5-11-53-18-24-8-10-31(38)43-34(24)44-36(29)52/h4-5,7-10,12,15-16,27,29-30H,6,11,13-14,17-19H2,1-3H3,(H,41,51)(H,42,49)(H,43,44,52)/t27-,29-,30-,37-/m0/s1. The van der Waals surface area contributed by atoms with Crippen LogP contribution in [0.5, 0.6) is 0 Å². The number of fused-ring (bicyclic) bond motifs is 3. The molecular formula is C37H38BrN9O6. The largest absolute Gasteiger partial charge is 0.373 e. The number of ketones is 1. The van der Waals surface area contributed by atoms with E-state index in [1.54, 1.807) is 54.6 Å². The number of hydrogen-bond donors (Lipinski definition) is 3. The SMILES string of the molecule is CC(=O)N[C@H]1CC=CCOCc2ccc(Br)nc2NC(=O)[C@@H]2C[C@@]3(CNC1=O)C[C@@H]3N2C(=O)Cn1nc(C(C)=O)c2cc(-c3cnc(C)nc3)ccc21. The molecule has 3 N–H and O–H groups in total. The van der Waals surface area contributed by atoms with Gasteiger partial charge in [0.15, 0.2) is 5.78 Å². The maximum atomic E-state index is 14.4. The molecule has 274 valence electrons. The number of nitrogens with one attached hydrogen (secondary N) is 3. The van der Waals surface area contributed by atoms with Crippen molar-refractivity contribution in [1.82, 2.24) is 40.3 Å². The van der Waals surface area contributed by atoms with Crippen LogP contribution in [-0.2, 0) is 37.1 Å². The molecule has 1 saturated carbocycles. The van der Waals surface area contributed by atoms with E-state index in [1.807, 2.05) is 12.1 Å². The first-order chi connectivity index (χ1) is 25.4. The fraction of sp³-hybridized carbons (Fsp3) is 0.378. The lowest BCUT2D eigenvalue weighted by atomic mass is 9.98. The number of halogens is 1. The van der Waals surface area contributed by atoms with E-state index in [-0.39, 0.29) is 68.0 Å². The summed E-state index contributed by atoms with van der Waals surface area (Å²) in [5.41, 5.74) is 2.44. The van der Waals surface area contributed by atoms with Crippen molar-refractivity contribution in [3.63, 3.8) is 0 Å². The third kappa shape index (κ3) is 7.46. The number of pyridine rings is 1. The van der Waals surface area contributed by atoms with Gasteiger partial charge in [-0.15, -0.1) is 0 Å². The summed E-state index contributed by atoms with van der Waals surface area (Å²) in [6.45, 7) is 4.91. The lowest BCUT2D eigenvalue weighted by Gasteiger charge is -2.27. The van der Waals surface area contributed by atoms with Gasteiger partial charge in [0.2, 0.25) is 23.6 Å². The Bertz CT molecular complexity index is 2170. The Balaban J connectivity index is 1.20. The van der Waals surface area contributed by atoms with Crippen LogP contribution in [0.4, 0.5) is 5.82 Å². The molecule has 2 bridgehead atoms. The third-order valence-electron chi connectivity index (χ3n) is 10.00. The zero-order valence-corrected chi connectivity index (χ0v) is 31.0. The summed E-state index contributed by atoms with van der Waals surface area (Å²) in [6.07, 6.45) is 8.08. The topological polar surface area (TPSA) is 190 Å². The number of anilines is 1. The Labute approximate surface area is 313 Å². The van der Waals surface area contributed by atoms with Crippen LogP contribution in [0, 0.1) is 12.3 Å². The van der Waals surface area contributed by atoms with Crippen LogP contribution in [-0.4, -0.2) is 90.3 Å². The second-order valence-corrected chi connectivity index (χ2v) is 14.6. The second-order valence-electron chi connectivity index (χ2n) is 13.7. The minimum atomic E-state index is -0.890. The van der Waals surface area contributed by atoms with Crippen LogP contribution in [0.2, 0.25) is 0 Å². The maximum absolute atomic E-state index is 14.4. The molecule has 3 aliphatic rings. The molecule has 53 heavy (non-hydrogen) atoms. The molecule has 3 aromatic heterocycles. The molecule has 4 aromatic rings. The molecule has 0 radical (unpaired) electrons. The number of aryl methyl sites for hydroxylation is 1. The van der Waals surface area contributed by atoms with Gasteiger partial charge < -0.3 is 25.6 Å². The Morgan fingerprint density at radius 2 is 1.83 bits per heavy atom. The number of hydrogen-bond acceptors (Lipinski definition) is 10. The van der Waals surface area contributed by atoms with Crippen molar-refractivity contribution in [2.45, 2.75) is 71.3 Å². The zero-order valence-electron chi connectivity index (χ0n) is 29.4. The first-order valence-electron chi connectivity index (χ1n) is 17.3. The quantitative estimate of drug-likeness (QED) is 0.154. The van der Waals surface area contributed by atoms with Gasteiger partial charge in [-0.3, -0.25) is 28.7 Å². The van der Waals surface area contributed by atoms with Gasteiger partial charge in [0.05, 0.1) is 18.7 Å². The van der Waals surface area contributed by atoms with Gasteiger partial charge in [0, 0.05) is 60.8 Å². The summed E-state index contributed by atoms with van der Waals surface area (Å²) in [7, 11) is 0. The maximum Gasteiger partial charge on any atom is 0.248 e. The summed E-state index contributed by atoms with van der Waals surface area (Å²) in [6, 6.07) is 7.00. The molecule has 1 saturated heterocycles. The number of carbonyl (C=O) groups excluding carboxylic acids is 5. The molecule has 1 aliphatic carbocycles. The molecule has 5 heterocycles. The number of aromatic nitrogens is 5. The number of ether oxygens (including phenoxy) is 1. The van der Waals surface area contributed by atoms with Gasteiger partial charge in [0.1, 0.15) is 40.6 Å². The van der Waals surface area contributed by atoms with Crippen LogP contribution in [0.25, 0.3) is 22.0 Å². The van der Waals surface area contributed by atoms with Crippen LogP contribution in [0.3, 0.4) is 0 Å². The molecule has 4 atom stereocenters. The summed E-state index contributed by atoms with van der Waals surface area (Å²) in [5, 5.41) is 13.8. The normalized spacial score (nSPS) is 23.0. The highest BCUT2D eigenvalue weighted by Crippen LogP contribution is 2.59. The highest BCUT2D eigenvalue weighted by atomic mass is 79.9. The van der Waals surface area contributed by atoms with E-state index in [2.05, 4.69) is 51.9 Å². The Hall–Kier alpha value is -5.35. The molecule has 7 rings (SSSR count). The molecule has 15 nitrogen and oxygen atoms in total. The van der Waals surface area contributed by atoms with Crippen LogP contribution in [0.15, 0.2) is 59.5 Å². The second kappa shape index (κ2) is 14.6. The lowest BCUT2D eigenvalue weighted by Crippen LogP contribution is -2.47. The zero-order chi connectivity index (χ0) is 37.4. The minimum Gasteiger partial charge on any atom is -0.373 e. The molecular weight excluding hydrogens is 746 g/mol. The van der Waals surface area contributed by atoms with Crippen molar-refractivity contribution in [1.29, 1.82) is 0 Å². The molecule has 2 fully saturated rings. The molecule has 16 heteroatoms. The van der Waals surface area contributed by atoms with E-state index in [0.29, 0.717) is 45.6 Å². The summed E-state index contributed by atoms with van der Waals surface area (Å²) in [5.74, 6) is -0.817. The predicted molar refractivity (Wildman–Crippen MR) is 196 cm³/mol. The number of amides is 4. The van der Waals surface area contributed by atoms with E-state index >= 15 is 0 Å². The first kappa shape index (κ1) is 36.0. The van der Waals surface area contributed by atoms with Gasteiger partial charge in [0.25, 0.3) is 0 Å². The lowest BCUT2D eigenvalue weighted by molar-refractivity contribution is -0.138. The van der Waals surface area contributed by atoms with Gasteiger partial charge >= 0.3 is 0 Å². The third-order valence-corrected chi connectivity index (χ3v) is 10.4. The number of piperidine rings is 1. The first-order valence-corrected chi connectivity index (χ1v) is 18.1. The summed E-state index contributed by atoms with van der Waals surface area (Å²) in [4.78, 5) is 81.2. The Morgan fingerprint density at radius 3 is 2.58 bits per heavy atom. The van der Waals surface area contributed by atoms with Crippen LogP contribution < -0.4 is 16.0 Å². The fourth-order valence-corrected chi connectivity index (χ4v) is 7.56. The number of Topliss-reactive ketones (excluding diaryl/α,β-unsaturated/α-hetero) is 1. The van der Waals surface area contributed by atoms with Crippen LogP contribution >= 0.6 is 15.9 Å². The number of likely N-dealkylation sites (tertiary alicyclic amines) is 1. The van der Waals surface area contributed by atoms with Gasteiger partial charge in [-0.25, -0.2) is 15.0 Å². The smallest absolute Gasteiger partial charge is 0.248 e. The summed E-state index contributed by atoms with van der Waals surface area (Å²) >= 11 is 3.39. The van der Waals surface area contributed by atoms with Crippen LogP contribution in [0.1, 0.15) is 55.0 Å². The van der Waals surface area contributed by atoms with E-state index < -0.39 is 23.4 Å². The van der Waals surface area contributed by atoms with E-state index in [1.165, 1.54) is 18.5 Å². The summed E-state index contributed by atoms with van der Waals surface area (Å²) < 4.78 is 7.83. The molecule has 1 spiro atoms. The molecule has 2 aliphatic heterocycles. The van der Waals surface area contributed by atoms with E-state index in [4.69, 9.17) is 4.74 Å². The Kier molecular flexibility index (Phi) is 9.91. The molecule has 0 unspecified atom stereocenters. The number of carbonyl (C=O) groups is 5. The average molecular weight is 785 g/mol. The van der Waals surface area contributed by atoms with Gasteiger partial charge in [-0.05, 0) is 65.9 Å². The Morgan fingerprint density at radius 1 is 1.04 bits per heavy atom. The van der Waals surface area contributed by atoms with E-state index in [0.717, 1.165) is 11.1 Å². The van der Waals surface area contributed by atoms with Crippen molar-refractivity contribution >= 4 is 62.1 Å². The predicted octanol–water partition coefficient (Wildman–Crippen LogP) is 3.26. The van der Waals surface area contributed by atoms with Gasteiger partial charge in [-0.2, -0.15) is 5.10 Å². The van der Waals surface area contributed by atoms with Crippen molar-refractivity contribution in [2.75, 3.05) is 18.5 Å². The van der Waals surface area contributed by atoms with Gasteiger partial charge in [-0.1, -0.05) is 24.3 Å². The van der Waals surface area contributed by atoms with Crippen molar-refractivity contribution < 1.29 is 28.7 Å². The monoisotopic (exact) mass is 783 g/mol. The highest BCUT2D eigenvalue weighted by Gasteiger charge is 2.67. The molecule has 4 amide bonds. The average Bonchev–Trinajstić information content (AvgIpc) is 3.54. The molecule has 1 aromatic carbocycles. The number of nitrogens with zero attached hydrogens (tertiary/aromatic N) is 6. The highest BCUT2D eigenvalue weighted by molar-refractivity contribution is 9.10. The van der Waals surface area contributed by atoms with Crippen molar-refractivity contribution in [2.24, 2.45) is 5.41 Å². The fourth-order valence-electron chi connectivity index (χ4n) is 7.25. The van der Waals surface area contributed by atoms with Crippen molar-refractivity contribution in [3.05, 3.63) is 76.6 Å². The number of benzene rings is 1. The number of rotatable bonds is 5. The minimum absolute atomic E-state index is 0.138. The van der Waals surface area contributed by atoms with E-state index in [9.17, 15) is 24.0 Å².